The summed E-state index contributed by atoms with van der Waals surface area (Å²) in [6, 6.07) is 4.00. The molecule has 3 heterocycles. The Balaban J connectivity index is 1.91. The van der Waals surface area contributed by atoms with Gasteiger partial charge in [0.2, 0.25) is 0 Å². The molecule has 0 saturated heterocycles. The van der Waals surface area contributed by atoms with Crippen LogP contribution in [0.2, 0.25) is 10.0 Å². The molecule has 0 unspecified atom stereocenters. The topological polar surface area (TPSA) is 144 Å². The molecule has 1 atom stereocenters. The lowest BCUT2D eigenvalue weighted by Gasteiger charge is -2.21. The number of amides is 1. The van der Waals surface area contributed by atoms with Crippen molar-refractivity contribution >= 4 is 45.8 Å². The van der Waals surface area contributed by atoms with E-state index in [1.807, 2.05) is 6.92 Å². The number of nitrogens with two attached hydrogens (primary N) is 1. The van der Waals surface area contributed by atoms with E-state index >= 15 is 0 Å². The summed E-state index contributed by atoms with van der Waals surface area (Å²) < 4.78 is 1.31. The number of nitrogen functional groups attached to an aromatic ring is 1. The first kappa shape index (κ1) is 20.8. The number of carbonyl (C=O) groups excluding carboxylic acids is 1. The largest absolute Gasteiger partial charge is 0.382 e. The molecule has 0 fully saturated rings. The van der Waals surface area contributed by atoms with Gasteiger partial charge in [0.25, 0.3) is 11.5 Å². The van der Waals surface area contributed by atoms with E-state index in [2.05, 4.69) is 30.5 Å². The molecule has 158 valence electrons. The lowest BCUT2D eigenvalue weighted by molar-refractivity contribution is 0.0928. The van der Waals surface area contributed by atoms with Crippen molar-refractivity contribution in [3.8, 4) is 5.82 Å². The van der Waals surface area contributed by atoms with Gasteiger partial charge in [-0.15, -0.1) is 0 Å². The molecule has 1 aromatic carbocycles. The number of rotatable bonds is 5. The number of fused-ring (bicyclic) bond motifs is 1. The average molecular weight is 459 g/mol. The maximum absolute atomic E-state index is 13.4. The molecule has 0 aliphatic rings. The summed E-state index contributed by atoms with van der Waals surface area (Å²) >= 11 is 12.6. The number of aromatic amines is 1. The van der Waals surface area contributed by atoms with Crippen molar-refractivity contribution in [3.05, 3.63) is 68.7 Å². The SMILES string of the molecule is CC[C@H](NC(=O)c1nccnc1N)c1nc2c(Cl)ccc(Cl)c2c(=O)n1-c1ccn[nH]1. The second kappa shape index (κ2) is 8.32. The third-order valence-corrected chi connectivity index (χ3v) is 5.26. The van der Waals surface area contributed by atoms with E-state index in [0.29, 0.717) is 12.2 Å². The first-order valence-corrected chi connectivity index (χ1v) is 9.95. The maximum Gasteiger partial charge on any atom is 0.274 e. The number of nitrogens with one attached hydrogen (secondary N) is 2. The monoisotopic (exact) mass is 458 g/mol. The minimum atomic E-state index is -0.690. The van der Waals surface area contributed by atoms with Crippen LogP contribution in [0.15, 0.2) is 41.6 Å². The molecule has 31 heavy (non-hydrogen) atoms. The predicted octanol–water partition coefficient (Wildman–Crippen LogP) is 2.67. The first-order chi connectivity index (χ1) is 14.9. The van der Waals surface area contributed by atoms with Crippen molar-refractivity contribution in [2.24, 2.45) is 0 Å². The van der Waals surface area contributed by atoms with Gasteiger partial charge >= 0.3 is 0 Å². The summed E-state index contributed by atoms with van der Waals surface area (Å²) in [6.45, 7) is 1.83. The number of nitrogens with zero attached hydrogens (tertiary/aromatic N) is 5. The predicted molar refractivity (Wildman–Crippen MR) is 116 cm³/mol. The molecule has 10 nitrogen and oxygen atoms in total. The highest BCUT2D eigenvalue weighted by Crippen LogP contribution is 2.28. The van der Waals surface area contributed by atoms with Gasteiger partial charge in [-0.2, -0.15) is 5.10 Å². The lowest BCUT2D eigenvalue weighted by atomic mass is 10.1. The van der Waals surface area contributed by atoms with Crippen molar-refractivity contribution in [1.29, 1.82) is 0 Å². The van der Waals surface area contributed by atoms with Crippen LogP contribution in [-0.4, -0.2) is 35.6 Å². The van der Waals surface area contributed by atoms with E-state index in [9.17, 15) is 9.59 Å². The first-order valence-electron chi connectivity index (χ1n) is 9.20. The molecule has 4 rings (SSSR count). The van der Waals surface area contributed by atoms with E-state index in [1.54, 1.807) is 12.1 Å². The zero-order valence-electron chi connectivity index (χ0n) is 16.1. The molecule has 4 aromatic rings. The summed E-state index contributed by atoms with van der Waals surface area (Å²) in [6.07, 6.45) is 4.64. The lowest BCUT2D eigenvalue weighted by Crippen LogP contribution is -2.35. The summed E-state index contributed by atoms with van der Waals surface area (Å²) in [5.74, 6) is 0.0312. The van der Waals surface area contributed by atoms with Gasteiger partial charge in [-0.05, 0) is 18.6 Å². The molecule has 3 aromatic heterocycles. The summed E-state index contributed by atoms with van der Waals surface area (Å²) in [7, 11) is 0. The zero-order chi connectivity index (χ0) is 22.1. The second-order valence-electron chi connectivity index (χ2n) is 6.53. The van der Waals surface area contributed by atoms with Crippen LogP contribution in [0.3, 0.4) is 0 Å². The Bertz CT molecular complexity index is 1340. The van der Waals surface area contributed by atoms with Crippen molar-refractivity contribution < 1.29 is 4.79 Å². The number of carbonyl (C=O) groups is 1. The van der Waals surface area contributed by atoms with Gasteiger partial charge in [0.1, 0.15) is 11.6 Å². The van der Waals surface area contributed by atoms with Gasteiger partial charge in [-0.25, -0.2) is 19.5 Å². The molecule has 0 aliphatic heterocycles. The molecule has 0 spiro atoms. The number of aromatic nitrogens is 6. The van der Waals surface area contributed by atoms with E-state index in [4.69, 9.17) is 28.9 Å². The molecule has 12 heteroatoms. The normalized spacial score (nSPS) is 12.1. The molecule has 4 N–H and O–H groups in total. The quantitative estimate of drug-likeness (QED) is 0.416. The summed E-state index contributed by atoms with van der Waals surface area (Å²) in [4.78, 5) is 38.7. The van der Waals surface area contributed by atoms with Crippen LogP contribution in [0.25, 0.3) is 16.7 Å². The number of benzene rings is 1. The van der Waals surface area contributed by atoms with Crippen molar-refractivity contribution in [3.63, 3.8) is 0 Å². The van der Waals surface area contributed by atoms with Crippen LogP contribution < -0.4 is 16.6 Å². The van der Waals surface area contributed by atoms with E-state index < -0.39 is 17.5 Å². The molecule has 0 radical (unpaired) electrons. The Morgan fingerprint density at radius 2 is 1.94 bits per heavy atom. The van der Waals surface area contributed by atoms with Crippen LogP contribution in [0.5, 0.6) is 0 Å². The maximum atomic E-state index is 13.4. The summed E-state index contributed by atoms with van der Waals surface area (Å²) in [5, 5.41) is 10.1. The number of halogens is 2. The number of hydrogen-bond acceptors (Lipinski definition) is 7. The van der Waals surface area contributed by atoms with Gasteiger partial charge in [0.15, 0.2) is 11.5 Å². The third-order valence-electron chi connectivity index (χ3n) is 4.64. The number of anilines is 1. The minimum absolute atomic E-state index is 0.0119. The van der Waals surface area contributed by atoms with E-state index in [1.165, 1.54) is 29.2 Å². The molecule has 0 saturated carbocycles. The van der Waals surface area contributed by atoms with Crippen molar-refractivity contribution in [2.75, 3.05) is 5.73 Å². The van der Waals surface area contributed by atoms with Gasteiger partial charge in [-0.3, -0.25) is 14.7 Å². The van der Waals surface area contributed by atoms with Gasteiger partial charge in [0, 0.05) is 18.5 Å². The zero-order valence-corrected chi connectivity index (χ0v) is 17.6. The van der Waals surface area contributed by atoms with Crippen LogP contribution in [0.4, 0.5) is 5.82 Å². The smallest absolute Gasteiger partial charge is 0.274 e. The molecule has 0 aliphatic carbocycles. The van der Waals surface area contributed by atoms with Crippen molar-refractivity contribution in [2.45, 2.75) is 19.4 Å². The van der Waals surface area contributed by atoms with E-state index in [0.717, 1.165) is 0 Å². The molecule has 0 bridgehead atoms. The fraction of sp³-hybridized carbons (Fsp3) is 0.158. The molecular formula is C19H16Cl2N8O2. The fourth-order valence-electron chi connectivity index (χ4n) is 3.17. The fourth-order valence-corrected chi connectivity index (χ4v) is 3.61. The van der Waals surface area contributed by atoms with Gasteiger partial charge < -0.3 is 11.1 Å². The minimum Gasteiger partial charge on any atom is -0.382 e. The van der Waals surface area contributed by atoms with Crippen LogP contribution in [0.1, 0.15) is 35.7 Å². The van der Waals surface area contributed by atoms with Crippen LogP contribution >= 0.6 is 23.2 Å². The Kier molecular flexibility index (Phi) is 5.57. The number of hydrogen-bond donors (Lipinski definition) is 3. The van der Waals surface area contributed by atoms with Gasteiger partial charge in [-0.1, -0.05) is 30.1 Å². The van der Waals surface area contributed by atoms with Crippen LogP contribution in [-0.2, 0) is 0 Å². The Labute approximate surface area is 185 Å². The van der Waals surface area contributed by atoms with Crippen molar-refractivity contribution in [1.82, 2.24) is 35.0 Å². The Hall–Kier alpha value is -3.50. The van der Waals surface area contributed by atoms with Crippen LogP contribution in [0, 0.1) is 0 Å². The van der Waals surface area contributed by atoms with E-state index in [-0.39, 0.29) is 38.3 Å². The van der Waals surface area contributed by atoms with Gasteiger partial charge in [0.05, 0.1) is 33.2 Å². The third kappa shape index (κ3) is 3.71. The second-order valence-corrected chi connectivity index (χ2v) is 7.34. The molecule has 1 amide bonds. The highest BCUT2D eigenvalue weighted by molar-refractivity contribution is 6.39. The average Bonchev–Trinajstić information content (AvgIpc) is 3.28. The highest BCUT2D eigenvalue weighted by atomic mass is 35.5. The Morgan fingerprint density at radius 1 is 1.19 bits per heavy atom. The standard InChI is InChI=1S/C19H16Cl2N8O2/c1-2-11(26-18(30)15-16(22)24-8-7-23-15)17-27-14-10(21)4-3-9(20)13(14)19(31)29(17)12-5-6-25-28-12/h3-8,11H,2H2,1H3,(H2,22,24)(H,25,28)(H,26,30)/t11-/m0/s1. The molecular weight excluding hydrogens is 443 g/mol. The Morgan fingerprint density at radius 3 is 2.61 bits per heavy atom. The highest BCUT2D eigenvalue weighted by Gasteiger charge is 2.25. The summed E-state index contributed by atoms with van der Waals surface area (Å²) in [5.41, 5.74) is 5.52. The number of H-pyrrole nitrogens is 1.